The van der Waals surface area contributed by atoms with Crippen molar-refractivity contribution in [3.05, 3.63) is 47.8 Å². The standard InChI is InChI=1S/C12H14N2/c1-3-11-4-6-12(7-5-11)14-9-8-10(2)13-14/h4-9H,3H2,1-2H3. The summed E-state index contributed by atoms with van der Waals surface area (Å²) in [5, 5.41) is 4.35. The predicted molar refractivity (Wildman–Crippen MR) is 57.7 cm³/mol. The van der Waals surface area contributed by atoms with Crippen molar-refractivity contribution in [3.8, 4) is 5.69 Å². The van der Waals surface area contributed by atoms with E-state index >= 15 is 0 Å². The van der Waals surface area contributed by atoms with Gasteiger partial charge in [-0.3, -0.25) is 0 Å². The SMILES string of the molecule is CCc1ccc(-n2ccc(C)n2)cc1. The van der Waals surface area contributed by atoms with Gasteiger partial charge in [0.1, 0.15) is 0 Å². The number of aromatic nitrogens is 2. The van der Waals surface area contributed by atoms with E-state index in [1.807, 2.05) is 23.9 Å². The van der Waals surface area contributed by atoms with Gasteiger partial charge >= 0.3 is 0 Å². The molecule has 0 saturated heterocycles. The molecule has 0 atom stereocenters. The van der Waals surface area contributed by atoms with Gasteiger partial charge in [-0.15, -0.1) is 0 Å². The van der Waals surface area contributed by atoms with Gasteiger partial charge in [0.15, 0.2) is 0 Å². The highest BCUT2D eigenvalue weighted by Gasteiger charge is 1.97. The van der Waals surface area contributed by atoms with Gasteiger partial charge in [-0.2, -0.15) is 5.10 Å². The lowest BCUT2D eigenvalue weighted by Gasteiger charge is -2.02. The molecule has 1 heterocycles. The Morgan fingerprint density at radius 3 is 2.36 bits per heavy atom. The highest BCUT2D eigenvalue weighted by atomic mass is 15.3. The molecule has 0 aliphatic heterocycles. The molecule has 72 valence electrons. The van der Waals surface area contributed by atoms with Crippen LogP contribution in [0, 0.1) is 6.92 Å². The quantitative estimate of drug-likeness (QED) is 0.705. The lowest BCUT2D eigenvalue weighted by atomic mass is 10.1. The van der Waals surface area contributed by atoms with E-state index in [-0.39, 0.29) is 0 Å². The first-order valence-electron chi connectivity index (χ1n) is 4.91. The van der Waals surface area contributed by atoms with Crippen molar-refractivity contribution in [2.75, 3.05) is 0 Å². The molecule has 0 N–H and O–H groups in total. The van der Waals surface area contributed by atoms with Gasteiger partial charge in [0.2, 0.25) is 0 Å². The molecule has 0 bridgehead atoms. The Morgan fingerprint density at radius 2 is 1.86 bits per heavy atom. The Labute approximate surface area is 84.2 Å². The van der Waals surface area contributed by atoms with Crippen molar-refractivity contribution in [1.29, 1.82) is 0 Å². The number of rotatable bonds is 2. The van der Waals surface area contributed by atoms with E-state index in [9.17, 15) is 0 Å². The van der Waals surface area contributed by atoms with Gasteiger partial charge in [0, 0.05) is 6.20 Å². The summed E-state index contributed by atoms with van der Waals surface area (Å²) in [5.41, 5.74) is 3.53. The highest BCUT2D eigenvalue weighted by Crippen LogP contribution is 2.09. The van der Waals surface area contributed by atoms with Crippen LogP contribution in [0.15, 0.2) is 36.5 Å². The first kappa shape index (κ1) is 9.00. The Hall–Kier alpha value is -1.57. The molecule has 0 aliphatic carbocycles. The molecule has 0 spiro atoms. The summed E-state index contributed by atoms with van der Waals surface area (Å²) in [5.74, 6) is 0. The summed E-state index contributed by atoms with van der Waals surface area (Å²) in [4.78, 5) is 0. The third-order valence-corrected chi connectivity index (χ3v) is 2.33. The molecule has 0 amide bonds. The fraction of sp³-hybridized carbons (Fsp3) is 0.250. The summed E-state index contributed by atoms with van der Waals surface area (Å²) in [6.45, 7) is 4.16. The lowest BCUT2D eigenvalue weighted by Crippen LogP contribution is -1.94. The zero-order valence-electron chi connectivity index (χ0n) is 8.57. The fourth-order valence-corrected chi connectivity index (χ4v) is 1.44. The van der Waals surface area contributed by atoms with Crippen LogP contribution in [0.4, 0.5) is 0 Å². The molecule has 0 unspecified atom stereocenters. The number of benzene rings is 1. The molecular weight excluding hydrogens is 172 g/mol. The maximum absolute atomic E-state index is 4.35. The average molecular weight is 186 g/mol. The smallest absolute Gasteiger partial charge is 0.0645 e. The molecule has 2 aromatic rings. The van der Waals surface area contributed by atoms with Crippen LogP contribution < -0.4 is 0 Å². The van der Waals surface area contributed by atoms with Gasteiger partial charge in [-0.05, 0) is 37.1 Å². The van der Waals surface area contributed by atoms with Gasteiger partial charge < -0.3 is 0 Å². The summed E-state index contributed by atoms with van der Waals surface area (Å²) in [6.07, 6.45) is 3.06. The number of hydrogen-bond donors (Lipinski definition) is 0. The number of hydrogen-bond acceptors (Lipinski definition) is 1. The molecule has 2 nitrogen and oxygen atoms in total. The Morgan fingerprint density at radius 1 is 1.14 bits per heavy atom. The van der Waals surface area contributed by atoms with Crippen molar-refractivity contribution >= 4 is 0 Å². The molecular formula is C12H14N2. The number of aryl methyl sites for hydroxylation is 2. The zero-order chi connectivity index (χ0) is 9.97. The van der Waals surface area contributed by atoms with Gasteiger partial charge in [0.25, 0.3) is 0 Å². The topological polar surface area (TPSA) is 17.8 Å². The zero-order valence-corrected chi connectivity index (χ0v) is 8.57. The largest absolute Gasteiger partial charge is 0.241 e. The number of nitrogens with zero attached hydrogens (tertiary/aromatic N) is 2. The minimum absolute atomic E-state index is 1.05. The normalized spacial score (nSPS) is 10.4. The van der Waals surface area contributed by atoms with Crippen molar-refractivity contribution in [2.24, 2.45) is 0 Å². The van der Waals surface area contributed by atoms with Crippen LogP contribution in [-0.2, 0) is 6.42 Å². The third kappa shape index (κ3) is 1.69. The van der Waals surface area contributed by atoms with Gasteiger partial charge in [-0.1, -0.05) is 19.1 Å². The van der Waals surface area contributed by atoms with Crippen LogP contribution in [0.2, 0.25) is 0 Å². The molecule has 1 aromatic carbocycles. The third-order valence-electron chi connectivity index (χ3n) is 2.33. The maximum atomic E-state index is 4.35. The van der Waals surface area contributed by atoms with Crippen molar-refractivity contribution in [2.45, 2.75) is 20.3 Å². The van der Waals surface area contributed by atoms with E-state index in [2.05, 4.69) is 36.3 Å². The molecule has 0 aliphatic rings. The van der Waals surface area contributed by atoms with E-state index in [4.69, 9.17) is 0 Å². The summed E-state index contributed by atoms with van der Waals surface area (Å²) in [6, 6.07) is 10.5. The van der Waals surface area contributed by atoms with Crippen LogP contribution in [0.1, 0.15) is 18.2 Å². The Balaban J connectivity index is 2.33. The van der Waals surface area contributed by atoms with E-state index in [1.54, 1.807) is 0 Å². The molecule has 2 heteroatoms. The maximum Gasteiger partial charge on any atom is 0.0645 e. The predicted octanol–water partition coefficient (Wildman–Crippen LogP) is 2.74. The van der Waals surface area contributed by atoms with Crippen molar-refractivity contribution in [3.63, 3.8) is 0 Å². The summed E-state index contributed by atoms with van der Waals surface area (Å²) < 4.78 is 1.90. The fourth-order valence-electron chi connectivity index (χ4n) is 1.44. The summed E-state index contributed by atoms with van der Waals surface area (Å²) in [7, 11) is 0. The van der Waals surface area contributed by atoms with E-state index in [0.717, 1.165) is 17.8 Å². The van der Waals surface area contributed by atoms with Crippen LogP contribution in [-0.4, -0.2) is 9.78 Å². The molecule has 14 heavy (non-hydrogen) atoms. The lowest BCUT2D eigenvalue weighted by molar-refractivity contribution is 0.861. The second kappa shape index (κ2) is 3.66. The second-order valence-corrected chi connectivity index (χ2v) is 3.42. The average Bonchev–Trinajstić information content (AvgIpc) is 2.65. The van der Waals surface area contributed by atoms with Gasteiger partial charge in [0.05, 0.1) is 11.4 Å². The molecule has 1 aromatic heterocycles. The highest BCUT2D eigenvalue weighted by molar-refractivity contribution is 5.34. The van der Waals surface area contributed by atoms with Crippen LogP contribution in [0.25, 0.3) is 5.69 Å². The van der Waals surface area contributed by atoms with Crippen LogP contribution in [0.5, 0.6) is 0 Å². The van der Waals surface area contributed by atoms with E-state index in [0.29, 0.717) is 0 Å². The Bertz CT molecular complexity index is 412. The van der Waals surface area contributed by atoms with Crippen LogP contribution in [0.3, 0.4) is 0 Å². The van der Waals surface area contributed by atoms with E-state index in [1.165, 1.54) is 5.56 Å². The minimum atomic E-state index is 1.05. The minimum Gasteiger partial charge on any atom is -0.241 e. The first-order valence-corrected chi connectivity index (χ1v) is 4.91. The van der Waals surface area contributed by atoms with Crippen molar-refractivity contribution in [1.82, 2.24) is 9.78 Å². The van der Waals surface area contributed by atoms with Crippen LogP contribution >= 0.6 is 0 Å². The molecule has 0 radical (unpaired) electrons. The second-order valence-electron chi connectivity index (χ2n) is 3.42. The molecule has 2 rings (SSSR count). The van der Waals surface area contributed by atoms with Gasteiger partial charge in [-0.25, -0.2) is 4.68 Å². The monoisotopic (exact) mass is 186 g/mol. The molecule has 0 saturated carbocycles. The summed E-state index contributed by atoms with van der Waals surface area (Å²) >= 11 is 0. The van der Waals surface area contributed by atoms with Crippen molar-refractivity contribution < 1.29 is 0 Å². The molecule has 0 fully saturated rings. The first-order chi connectivity index (χ1) is 6.79. The van der Waals surface area contributed by atoms with E-state index < -0.39 is 0 Å². The Kier molecular flexibility index (Phi) is 2.35.